The minimum atomic E-state index is 0.384. The number of benzene rings is 1. The van der Waals surface area contributed by atoms with Crippen molar-refractivity contribution in [2.24, 2.45) is 0 Å². The van der Waals surface area contributed by atoms with Gasteiger partial charge in [0.25, 0.3) is 5.89 Å². The van der Waals surface area contributed by atoms with Crippen LogP contribution in [0.1, 0.15) is 5.56 Å². The van der Waals surface area contributed by atoms with Crippen molar-refractivity contribution in [1.29, 1.82) is 0 Å². The Labute approximate surface area is 124 Å². The van der Waals surface area contributed by atoms with Crippen molar-refractivity contribution in [2.45, 2.75) is 6.92 Å². The maximum absolute atomic E-state index is 5.96. The summed E-state index contributed by atoms with van der Waals surface area (Å²) in [5, 5.41) is 3.97. The van der Waals surface area contributed by atoms with Gasteiger partial charge in [0.1, 0.15) is 5.69 Å². The Morgan fingerprint density at radius 3 is 2.85 bits per heavy atom. The SMILES string of the molecule is Cc1cccnc1-c1noc(-c2ccc(Br)cc2N)n1. The van der Waals surface area contributed by atoms with Gasteiger partial charge in [-0.25, -0.2) is 0 Å². The number of nitrogen functional groups attached to an aromatic ring is 1. The van der Waals surface area contributed by atoms with Gasteiger partial charge in [-0.2, -0.15) is 4.98 Å². The summed E-state index contributed by atoms with van der Waals surface area (Å²) < 4.78 is 6.19. The van der Waals surface area contributed by atoms with E-state index in [4.69, 9.17) is 10.3 Å². The Morgan fingerprint density at radius 1 is 1.25 bits per heavy atom. The molecule has 0 radical (unpaired) electrons. The number of aromatic nitrogens is 3. The Bertz CT molecular complexity index is 769. The highest BCUT2D eigenvalue weighted by atomic mass is 79.9. The predicted molar refractivity (Wildman–Crippen MR) is 79.8 cm³/mol. The highest BCUT2D eigenvalue weighted by Crippen LogP contribution is 2.29. The van der Waals surface area contributed by atoms with Crippen LogP contribution in [0.15, 0.2) is 45.5 Å². The molecule has 2 heterocycles. The first kappa shape index (κ1) is 12.8. The number of nitrogens with two attached hydrogens (primary N) is 1. The number of pyridine rings is 1. The third-order valence-corrected chi connectivity index (χ3v) is 3.38. The molecule has 0 aliphatic rings. The van der Waals surface area contributed by atoms with Gasteiger partial charge in [-0.15, -0.1) is 0 Å². The van der Waals surface area contributed by atoms with Crippen molar-refractivity contribution in [3.63, 3.8) is 0 Å². The van der Waals surface area contributed by atoms with Crippen LogP contribution in [0.3, 0.4) is 0 Å². The van der Waals surface area contributed by atoms with E-state index in [9.17, 15) is 0 Å². The van der Waals surface area contributed by atoms with Gasteiger partial charge in [-0.05, 0) is 36.8 Å². The standard InChI is InChI=1S/C14H11BrN4O/c1-8-3-2-6-17-12(8)13-18-14(20-19-13)10-5-4-9(15)7-11(10)16/h2-7H,16H2,1H3. The fourth-order valence-electron chi connectivity index (χ4n) is 1.88. The van der Waals surface area contributed by atoms with E-state index in [-0.39, 0.29) is 0 Å². The van der Waals surface area contributed by atoms with E-state index in [0.29, 0.717) is 28.7 Å². The van der Waals surface area contributed by atoms with Gasteiger partial charge in [0.2, 0.25) is 5.82 Å². The van der Waals surface area contributed by atoms with Crippen LogP contribution in [0, 0.1) is 6.92 Å². The Morgan fingerprint density at radius 2 is 2.10 bits per heavy atom. The molecular weight excluding hydrogens is 320 g/mol. The summed E-state index contributed by atoms with van der Waals surface area (Å²) in [6, 6.07) is 9.33. The number of hydrogen-bond donors (Lipinski definition) is 1. The predicted octanol–water partition coefficient (Wildman–Crippen LogP) is 3.45. The van der Waals surface area contributed by atoms with E-state index in [2.05, 4.69) is 31.1 Å². The molecule has 20 heavy (non-hydrogen) atoms. The Kier molecular flexibility index (Phi) is 3.23. The third-order valence-electron chi connectivity index (χ3n) is 2.89. The lowest BCUT2D eigenvalue weighted by atomic mass is 10.2. The first-order valence-corrected chi connectivity index (χ1v) is 6.75. The molecule has 0 saturated heterocycles. The molecule has 0 bridgehead atoms. The van der Waals surface area contributed by atoms with Crippen LogP contribution in [-0.2, 0) is 0 Å². The van der Waals surface area contributed by atoms with Crippen molar-refractivity contribution in [1.82, 2.24) is 15.1 Å². The molecule has 0 atom stereocenters. The number of hydrogen-bond acceptors (Lipinski definition) is 5. The molecule has 100 valence electrons. The van der Waals surface area contributed by atoms with Gasteiger partial charge in [-0.1, -0.05) is 27.2 Å². The summed E-state index contributed by atoms with van der Waals surface area (Å²) in [7, 11) is 0. The lowest BCUT2D eigenvalue weighted by Crippen LogP contribution is -1.91. The number of nitrogens with zero attached hydrogens (tertiary/aromatic N) is 3. The van der Waals surface area contributed by atoms with Crippen LogP contribution in [0.2, 0.25) is 0 Å². The van der Waals surface area contributed by atoms with E-state index in [0.717, 1.165) is 10.0 Å². The fraction of sp³-hybridized carbons (Fsp3) is 0.0714. The van der Waals surface area contributed by atoms with Gasteiger partial charge in [0.15, 0.2) is 0 Å². The number of rotatable bonds is 2. The average Bonchev–Trinajstić information content (AvgIpc) is 2.88. The quantitative estimate of drug-likeness (QED) is 0.728. The lowest BCUT2D eigenvalue weighted by Gasteiger charge is -2.00. The average molecular weight is 331 g/mol. The van der Waals surface area contributed by atoms with Crippen LogP contribution in [0.25, 0.3) is 23.0 Å². The second-order valence-electron chi connectivity index (χ2n) is 4.32. The molecule has 0 saturated carbocycles. The molecule has 0 unspecified atom stereocenters. The van der Waals surface area contributed by atoms with Crippen LogP contribution < -0.4 is 5.73 Å². The molecule has 5 nitrogen and oxygen atoms in total. The zero-order valence-corrected chi connectivity index (χ0v) is 12.3. The largest absolute Gasteiger partial charge is 0.398 e. The normalized spacial score (nSPS) is 10.7. The highest BCUT2D eigenvalue weighted by Gasteiger charge is 2.15. The van der Waals surface area contributed by atoms with Crippen LogP contribution in [0.5, 0.6) is 0 Å². The van der Waals surface area contributed by atoms with Gasteiger partial charge in [0, 0.05) is 16.4 Å². The second-order valence-corrected chi connectivity index (χ2v) is 5.24. The first-order valence-electron chi connectivity index (χ1n) is 5.96. The minimum absolute atomic E-state index is 0.384. The van der Waals surface area contributed by atoms with E-state index >= 15 is 0 Å². The molecule has 0 fully saturated rings. The number of aryl methyl sites for hydroxylation is 1. The van der Waals surface area contributed by atoms with E-state index < -0.39 is 0 Å². The number of anilines is 1. The van der Waals surface area contributed by atoms with Crippen molar-refractivity contribution in [3.8, 4) is 23.0 Å². The van der Waals surface area contributed by atoms with E-state index in [1.165, 1.54) is 0 Å². The molecule has 3 aromatic rings. The lowest BCUT2D eigenvalue weighted by molar-refractivity contribution is 0.432. The molecular formula is C14H11BrN4O. The minimum Gasteiger partial charge on any atom is -0.398 e. The first-order chi connectivity index (χ1) is 9.65. The summed E-state index contributed by atoms with van der Waals surface area (Å²) in [5.74, 6) is 0.843. The maximum Gasteiger partial charge on any atom is 0.260 e. The van der Waals surface area contributed by atoms with Crippen LogP contribution in [0.4, 0.5) is 5.69 Å². The second kappa shape index (κ2) is 5.05. The van der Waals surface area contributed by atoms with Gasteiger partial charge < -0.3 is 10.3 Å². The molecule has 0 amide bonds. The molecule has 0 aliphatic carbocycles. The zero-order chi connectivity index (χ0) is 14.1. The van der Waals surface area contributed by atoms with Crippen molar-refractivity contribution in [2.75, 3.05) is 5.73 Å². The van der Waals surface area contributed by atoms with Gasteiger partial charge >= 0.3 is 0 Å². The smallest absolute Gasteiger partial charge is 0.260 e. The topological polar surface area (TPSA) is 77.8 Å². The van der Waals surface area contributed by atoms with Crippen molar-refractivity contribution < 1.29 is 4.52 Å². The van der Waals surface area contributed by atoms with Gasteiger partial charge in [0.05, 0.1) is 5.56 Å². The summed E-state index contributed by atoms with van der Waals surface area (Å²) in [6.45, 7) is 1.95. The molecule has 2 N–H and O–H groups in total. The molecule has 6 heteroatoms. The van der Waals surface area contributed by atoms with Crippen molar-refractivity contribution in [3.05, 3.63) is 46.6 Å². The monoisotopic (exact) mass is 330 g/mol. The fourth-order valence-corrected chi connectivity index (χ4v) is 2.26. The highest BCUT2D eigenvalue weighted by molar-refractivity contribution is 9.10. The Balaban J connectivity index is 2.04. The molecule has 0 spiro atoms. The molecule has 0 aliphatic heterocycles. The molecule has 2 aromatic heterocycles. The summed E-state index contributed by atoms with van der Waals surface area (Å²) in [4.78, 5) is 8.63. The molecule has 1 aromatic carbocycles. The summed E-state index contributed by atoms with van der Waals surface area (Å²) in [6.07, 6.45) is 1.70. The maximum atomic E-state index is 5.96. The van der Waals surface area contributed by atoms with Gasteiger partial charge in [-0.3, -0.25) is 4.98 Å². The van der Waals surface area contributed by atoms with E-state index in [1.54, 1.807) is 12.3 Å². The summed E-state index contributed by atoms with van der Waals surface area (Å²) >= 11 is 3.36. The van der Waals surface area contributed by atoms with Crippen LogP contribution >= 0.6 is 15.9 Å². The third kappa shape index (κ3) is 2.30. The zero-order valence-electron chi connectivity index (χ0n) is 10.7. The summed E-state index contributed by atoms with van der Waals surface area (Å²) in [5.41, 5.74) is 8.94. The Hall–Kier alpha value is -2.21. The molecule has 3 rings (SSSR count). The van der Waals surface area contributed by atoms with E-state index in [1.807, 2.05) is 31.2 Å². The van der Waals surface area contributed by atoms with Crippen LogP contribution in [-0.4, -0.2) is 15.1 Å². The number of halogens is 1. The van der Waals surface area contributed by atoms with Crippen molar-refractivity contribution >= 4 is 21.6 Å².